The molecule has 0 saturated carbocycles. The molecular weight excluding hydrogens is 506 g/mol. The van der Waals surface area contributed by atoms with Gasteiger partial charge in [-0.05, 0) is 41.3 Å². The Kier molecular flexibility index (Phi) is 8.84. The van der Waals surface area contributed by atoms with Gasteiger partial charge in [-0.15, -0.1) is 0 Å². The summed E-state index contributed by atoms with van der Waals surface area (Å²) >= 11 is 0. The SMILES string of the molecule is CNc1cc(NC)c(S(=O)(=O)Nc2cc(-c3ccccc3)ccc2C(=O)N[C@H](C(=O)O)C(C)C)c(NC)c1. The Morgan fingerprint density at radius 1 is 0.789 bits per heavy atom. The van der Waals surface area contributed by atoms with Crippen molar-refractivity contribution in [3.63, 3.8) is 0 Å². The molecular formula is C27H33N5O5S. The van der Waals surface area contributed by atoms with Gasteiger partial charge in [0.25, 0.3) is 15.9 Å². The number of anilines is 4. The number of carbonyl (C=O) groups is 2. The van der Waals surface area contributed by atoms with Crippen LogP contribution in [-0.2, 0) is 14.8 Å². The van der Waals surface area contributed by atoms with Crippen LogP contribution in [0.1, 0.15) is 24.2 Å². The molecule has 0 aliphatic carbocycles. The fourth-order valence-corrected chi connectivity index (χ4v) is 5.46. The molecule has 11 heteroatoms. The van der Waals surface area contributed by atoms with E-state index >= 15 is 0 Å². The minimum absolute atomic E-state index is 0.0102. The predicted molar refractivity (Wildman–Crippen MR) is 151 cm³/mol. The maximum atomic E-state index is 13.8. The van der Waals surface area contributed by atoms with Crippen LogP contribution in [0.2, 0.25) is 0 Å². The molecule has 0 aliphatic heterocycles. The van der Waals surface area contributed by atoms with Crippen LogP contribution in [0.5, 0.6) is 0 Å². The van der Waals surface area contributed by atoms with Crippen LogP contribution in [0.25, 0.3) is 11.1 Å². The summed E-state index contributed by atoms with van der Waals surface area (Å²) in [5, 5.41) is 20.9. The summed E-state index contributed by atoms with van der Waals surface area (Å²) in [7, 11) is 0.708. The molecule has 0 saturated heterocycles. The number of carbonyl (C=O) groups excluding carboxylic acids is 1. The van der Waals surface area contributed by atoms with Gasteiger partial charge in [0, 0.05) is 26.8 Å². The Morgan fingerprint density at radius 3 is 1.89 bits per heavy atom. The van der Waals surface area contributed by atoms with Gasteiger partial charge < -0.3 is 26.4 Å². The van der Waals surface area contributed by atoms with E-state index < -0.39 is 27.9 Å². The van der Waals surface area contributed by atoms with Crippen molar-refractivity contribution in [3.05, 3.63) is 66.2 Å². The van der Waals surface area contributed by atoms with Crippen LogP contribution in [0, 0.1) is 5.92 Å². The number of amides is 1. The number of nitrogens with one attached hydrogen (secondary N) is 5. The van der Waals surface area contributed by atoms with Crippen molar-refractivity contribution in [1.29, 1.82) is 0 Å². The molecule has 10 nitrogen and oxygen atoms in total. The van der Waals surface area contributed by atoms with Crippen LogP contribution in [0.3, 0.4) is 0 Å². The highest BCUT2D eigenvalue weighted by Gasteiger charge is 2.28. The summed E-state index contributed by atoms with van der Waals surface area (Å²) in [6.07, 6.45) is 0. The summed E-state index contributed by atoms with van der Waals surface area (Å²) in [5.41, 5.74) is 2.86. The minimum Gasteiger partial charge on any atom is -0.480 e. The fraction of sp³-hybridized carbons (Fsp3) is 0.259. The summed E-state index contributed by atoms with van der Waals surface area (Å²) in [5.74, 6) is -2.28. The van der Waals surface area contributed by atoms with E-state index in [-0.39, 0.29) is 22.1 Å². The van der Waals surface area contributed by atoms with Gasteiger partial charge in [0.15, 0.2) is 0 Å². The van der Waals surface area contributed by atoms with E-state index in [0.717, 1.165) is 5.56 Å². The molecule has 0 aliphatic rings. The lowest BCUT2D eigenvalue weighted by molar-refractivity contribution is -0.140. The van der Waals surface area contributed by atoms with Gasteiger partial charge in [-0.25, -0.2) is 13.2 Å². The number of hydrogen-bond acceptors (Lipinski definition) is 7. The number of carboxylic acid groups (broad SMARTS) is 1. The molecule has 0 unspecified atom stereocenters. The Hall–Kier alpha value is -4.25. The van der Waals surface area contributed by atoms with Crippen LogP contribution in [0.4, 0.5) is 22.7 Å². The first-order chi connectivity index (χ1) is 18.0. The summed E-state index contributed by atoms with van der Waals surface area (Å²) in [4.78, 5) is 24.9. The Morgan fingerprint density at radius 2 is 1.39 bits per heavy atom. The lowest BCUT2D eigenvalue weighted by atomic mass is 10.0. The molecule has 1 atom stereocenters. The van der Waals surface area contributed by atoms with E-state index in [9.17, 15) is 23.1 Å². The van der Waals surface area contributed by atoms with Gasteiger partial charge in [0.2, 0.25) is 0 Å². The fourth-order valence-electron chi connectivity index (χ4n) is 4.00. The minimum atomic E-state index is -4.24. The third kappa shape index (κ3) is 6.17. The van der Waals surface area contributed by atoms with Gasteiger partial charge in [-0.3, -0.25) is 9.52 Å². The molecule has 0 bridgehead atoms. The van der Waals surface area contributed by atoms with E-state index in [1.54, 1.807) is 59.3 Å². The van der Waals surface area contributed by atoms with E-state index in [1.807, 2.05) is 30.3 Å². The van der Waals surface area contributed by atoms with Crippen molar-refractivity contribution in [3.8, 4) is 11.1 Å². The number of carboxylic acids is 1. The van der Waals surface area contributed by atoms with Gasteiger partial charge in [0.1, 0.15) is 10.9 Å². The summed E-state index contributed by atoms with van der Waals surface area (Å²) in [6, 6.07) is 16.2. The monoisotopic (exact) mass is 539 g/mol. The van der Waals surface area contributed by atoms with Gasteiger partial charge in [-0.1, -0.05) is 50.2 Å². The van der Waals surface area contributed by atoms with Crippen LogP contribution in [-0.4, -0.2) is 52.6 Å². The zero-order valence-corrected chi connectivity index (χ0v) is 22.7. The van der Waals surface area contributed by atoms with E-state index in [1.165, 1.54) is 6.07 Å². The first-order valence-corrected chi connectivity index (χ1v) is 13.5. The quantitative estimate of drug-likeness (QED) is 0.213. The zero-order chi connectivity index (χ0) is 28.0. The van der Waals surface area contributed by atoms with Crippen LogP contribution < -0.4 is 26.0 Å². The Balaban J connectivity index is 2.15. The molecule has 3 aromatic carbocycles. The molecule has 202 valence electrons. The first-order valence-electron chi connectivity index (χ1n) is 12.0. The maximum Gasteiger partial charge on any atom is 0.326 e. The maximum absolute atomic E-state index is 13.8. The molecule has 0 heterocycles. The third-order valence-electron chi connectivity index (χ3n) is 6.02. The molecule has 3 rings (SSSR count). The highest BCUT2D eigenvalue weighted by molar-refractivity contribution is 7.93. The second-order valence-electron chi connectivity index (χ2n) is 8.92. The average Bonchev–Trinajstić information content (AvgIpc) is 2.90. The molecule has 0 aromatic heterocycles. The Bertz CT molecular complexity index is 1400. The van der Waals surface area contributed by atoms with Gasteiger partial charge in [-0.2, -0.15) is 0 Å². The van der Waals surface area contributed by atoms with Crippen molar-refractivity contribution >= 4 is 44.6 Å². The van der Waals surface area contributed by atoms with Crippen molar-refractivity contribution in [2.45, 2.75) is 24.8 Å². The molecule has 38 heavy (non-hydrogen) atoms. The van der Waals surface area contributed by atoms with Crippen molar-refractivity contribution in [2.24, 2.45) is 5.92 Å². The topological polar surface area (TPSA) is 149 Å². The predicted octanol–water partition coefficient (Wildman–Crippen LogP) is 4.12. The number of benzene rings is 3. The molecule has 6 N–H and O–H groups in total. The van der Waals surface area contributed by atoms with Crippen LogP contribution in [0.15, 0.2) is 65.6 Å². The molecule has 0 spiro atoms. The van der Waals surface area contributed by atoms with Crippen molar-refractivity contribution in [1.82, 2.24) is 5.32 Å². The average molecular weight is 540 g/mol. The Labute approximate surface area is 222 Å². The summed E-state index contributed by atoms with van der Waals surface area (Å²) < 4.78 is 30.1. The highest BCUT2D eigenvalue weighted by Crippen LogP contribution is 2.35. The van der Waals surface area contributed by atoms with E-state index in [0.29, 0.717) is 22.6 Å². The zero-order valence-electron chi connectivity index (χ0n) is 21.9. The van der Waals surface area contributed by atoms with E-state index in [2.05, 4.69) is 26.0 Å². The first kappa shape index (κ1) is 28.3. The molecule has 1 amide bonds. The van der Waals surface area contributed by atoms with Crippen molar-refractivity contribution < 1.29 is 23.1 Å². The summed E-state index contributed by atoms with van der Waals surface area (Å²) in [6.45, 7) is 3.35. The molecule has 0 fully saturated rings. The van der Waals surface area contributed by atoms with Gasteiger partial charge >= 0.3 is 5.97 Å². The number of aliphatic carboxylic acids is 1. The largest absolute Gasteiger partial charge is 0.480 e. The van der Waals surface area contributed by atoms with Crippen LogP contribution >= 0.6 is 0 Å². The molecule has 0 radical (unpaired) electrons. The normalized spacial score (nSPS) is 11.9. The second-order valence-corrected chi connectivity index (χ2v) is 10.5. The number of hydrogen-bond donors (Lipinski definition) is 6. The lowest BCUT2D eigenvalue weighted by Crippen LogP contribution is -2.44. The molecule has 3 aromatic rings. The standard InChI is InChI=1S/C27H33N5O5S/c1-16(2)24(27(34)35)31-26(33)20-12-11-18(17-9-7-6-8-10-17)13-21(20)32-38(36,37)25-22(29-4)14-19(28-3)15-23(25)30-5/h6-16,24,28-30,32H,1-5H3,(H,31,33)(H,34,35)/t24-/m0/s1. The smallest absolute Gasteiger partial charge is 0.326 e. The second kappa shape index (κ2) is 11.9. The number of rotatable bonds is 11. The van der Waals surface area contributed by atoms with Crippen molar-refractivity contribution in [2.75, 3.05) is 41.8 Å². The van der Waals surface area contributed by atoms with Gasteiger partial charge in [0.05, 0.1) is 22.6 Å². The highest BCUT2D eigenvalue weighted by atomic mass is 32.2. The van der Waals surface area contributed by atoms with E-state index in [4.69, 9.17) is 0 Å². The third-order valence-corrected chi connectivity index (χ3v) is 7.49. The lowest BCUT2D eigenvalue weighted by Gasteiger charge is -2.21. The number of sulfonamides is 1.